The Labute approximate surface area is 121 Å². The zero-order valence-corrected chi connectivity index (χ0v) is 13.2. The molecule has 0 amide bonds. The Kier molecular flexibility index (Phi) is 4.36. The molecule has 0 aliphatic carbocycles. The van der Waals surface area contributed by atoms with E-state index in [-0.39, 0.29) is 6.04 Å². The molecular weight excluding hydrogens is 274 g/mol. The summed E-state index contributed by atoms with van der Waals surface area (Å²) >= 11 is 0. The van der Waals surface area contributed by atoms with E-state index < -0.39 is 10.0 Å². The Morgan fingerprint density at radius 1 is 1.35 bits per heavy atom. The van der Waals surface area contributed by atoms with E-state index in [0.717, 1.165) is 18.4 Å². The number of nitrogen functional groups attached to an aromatic ring is 1. The predicted molar refractivity (Wildman–Crippen MR) is 81.1 cm³/mol. The van der Waals surface area contributed by atoms with Crippen molar-refractivity contribution in [3.63, 3.8) is 0 Å². The summed E-state index contributed by atoms with van der Waals surface area (Å²) in [4.78, 5) is 2.43. The fraction of sp³-hybridized carbons (Fsp3) is 0.571. The maximum absolute atomic E-state index is 12.7. The molecule has 112 valence electrons. The highest BCUT2D eigenvalue weighted by atomic mass is 32.2. The molecule has 1 atom stereocenters. The fourth-order valence-electron chi connectivity index (χ4n) is 2.52. The number of hydrogen-bond acceptors (Lipinski definition) is 4. The zero-order valence-electron chi connectivity index (χ0n) is 12.3. The topological polar surface area (TPSA) is 66.6 Å². The van der Waals surface area contributed by atoms with Gasteiger partial charge in [0.2, 0.25) is 10.0 Å². The average molecular weight is 297 g/mol. The summed E-state index contributed by atoms with van der Waals surface area (Å²) in [5.74, 6) is 0. The van der Waals surface area contributed by atoms with Crippen molar-refractivity contribution < 1.29 is 8.42 Å². The molecule has 0 aromatic heterocycles. The molecule has 1 fully saturated rings. The molecule has 6 heteroatoms. The van der Waals surface area contributed by atoms with Crippen LogP contribution in [0.25, 0.3) is 0 Å². The van der Waals surface area contributed by atoms with E-state index >= 15 is 0 Å². The molecule has 1 saturated heterocycles. The largest absolute Gasteiger partial charge is 0.399 e. The zero-order chi connectivity index (χ0) is 14.9. The Balaban J connectivity index is 2.27. The van der Waals surface area contributed by atoms with Crippen molar-refractivity contribution in [1.29, 1.82) is 0 Å². The van der Waals surface area contributed by atoms with Crippen LogP contribution in [-0.4, -0.2) is 50.8 Å². The second-order valence-corrected chi connectivity index (χ2v) is 7.58. The summed E-state index contributed by atoms with van der Waals surface area (Å²) in [6.07, 6.45) is 1.94. The van der Waals surface area contributed by atoms with Crippen LogP contribution in [-0.2, 0) is 10.0 Å². The summed E-state index contributed by atoms with van der Waals surface area (Å²) in [5.41, 5.74) is 7.17. The van der Waals surface area contributed by atoms with Gasteiger partial charge in [0.15, 0.2) is 0 Å². The van der Waals surface area contributed by atoms with Gasteiger partial charge in [-0.05, 0) is 57.6 Å². The van der Waals surface area contributed by atoms with Crippen LogP contribution in [0.15, 0.2) is 23.1 Å². The van der Waals surface area contributed by atoms with Gasteiger partial charge in [-0.1, -0.05) is 0 Å². The van der Waals surface area contributed by atoms with E-state index in [0.29, 0.717) is 23.7 Å². The normalized spacial score (nSPS) is 21.3. The van der Waals surface area contributed by atoms with Crippen LogP contribution in [0.5, 0.6) is 0 Å². The van der Waals surface area contributed by atoms with Crippen molar-refractivity contribution in [2.75, 3.05) is 32.9 Å². The quantitative estimate of drug-likeness (QED) is 0.854. The first-order valence-electron chi connectivity index (χ1n) is 6.85. The number of aryl methyl sites for hydroxylation is 1. The molecule has 1 aliphatic rings. The molecule has 1 aromatic rings. The van der Waals surface area contributed by atoms with Crippen molar-refractivity contribution in [3.8, 4) is 0 Å². The van der Waals surface area contributed by atoms with E-state index in [2.05, 4.69) is 4.90 Å². The monoisotopic (exact) mass is 297 g/mol. The lowest BCUT2D eigenvalue weighted by Crippen LogP contribution is -2.47. The molecule has 0 radical (unpaired) electrons. The van der Waals surface area contributed by atoms with Crippen LogP contribution in [0, 0.1) is 6.92 Å². The molecule has 0 spiro atoms. The molecule has 1 heterocycles. The van der Waals surface area contributed by atoms with Crippen LogP contribution in [0.3, 0.4) is 0 Å². The molecule has 0 bridgehead atoms. The number of nitrogens with two attached hydrogens (primary N) is 1. The van der Waals surface area contributed by atoms with Gasteiger partial charge in [-0.3, -0.25) is 0 Å². The lowest BCUT2D eigenvalue weighted by molar-refractivity contribution is 0.190. The SMILES string of the molecule is Cc1cc(S(=O)(=O)N2CCCC(N(C)C)C2)ccc1N. The van der Waals surface area contributed by atoms with E-state index in [1.807, 2.05) is 21.0 Å². The number of piperidine rings is 1. The van der Waals surface area contributed by atoms with Gasteiger partial charge < -0.3 is 10.6 Å². The van der Waals surface area contributed by atoms with Gasteiger partial charge >= 0.3 is 0 Å². The number of rotatable bonds is 3. The first-order chi connectivity index (χ1) is 9.32. The number of benzene rings is 1. The molecule has 1 aliphatic heterocycles. The van der Waals surface area contributed by atoms with Gasteiger partial charge in [-0.25, -0.2) is 8.42 Å². The molecular formula is C14H23N3O2S. The molecule has 5 nitrogen and oxygen atoms in total. The van der Waals surface area contributed by atoms with E-state index in [9.17, 15) is 8.42 Å². The van der Waals surface area contributed by atoms with Gasteiger partial charge in [0.1, 0.15) is 0 Å². The lowest BCUT2D eigenvalue weighted by Gasteiger charge is -2.35. The third-order valence-electron chi connectivity index (χ3n) is 3.97. The average Bonchev–Trinajstić information content (AvgIpc) is 2.42. The highest BCUT2D eigenvalue weighted by Gasteiger charge is 2.31. The van der Waals surface area contributed by atoms with Crippen molar-refractivity contribution in [2.45, 2.75) is 30.7 Å². The van der Waals surface area contributed by atoms with Crippen LogP contribution in [0.2, 0.25) is 0 Å². The number of likely N-dealkylation sites (N-methyl/N-ethyl adjacent to an activating group) is 1. The van der Waals surface area contributed by atoms with Gasteiger partial charge in [0.05, 0.1) is 4.90 Å². The Bertz CT molecular complexity index is 584. The van der Waals surface area contributed by atoms with Gasteiger partial charge in [-0.2, -0.15) is 4.31 Å². The maximum atomic E-state index is 12.7. The minimum absolute atomic E-state index is 0.286. The summed E-state index contributed by atoms with van der Waals surface area (Å²) in [6.45, 7) is 2.97. The second-order valence-electron chi connectivity index (χ2n) is 5.64. The van der Waals surface area contributed by atoms with Crippen LogP contribution in [0.1, 0.15) is 18.4 Å². The highest BCUT2D eigenvalue weighted by molar-refractivity contribution is 7.89. The second kappa shape index (κ2) is 5.71. The number of nitrogens with zero attached hydrogens (tertiary/aromatic N) is 2. The van der Waals surface area contributed by atoms with Crippen molar-refractivity contribution in [3.05, 3.63) is 23.8 Å². The predicted octanol–water partition coefficient (Wildman–Crippen LogP) is 1.29. The number of anilines is 1. The van der Waals surface area contributed by atoms with Gasteiger partial charge in [-0.15, -0.1) is 0 Å². The smallest absolute Gasteiger partial charge is 0.243 e. The minimum Gasteiger partial charge on any atom is -0.399 e. The van der Waals surface area contributed by atoms with Crippen LogP contribution >= 0.6 is 0 Å². The van der Waals surface area contributed by atoms with Crippen molar-refractivity contribution in [2.24, 2.45) is 0 Å². The van der Waals surface area contributed by atoms with Gasteiger partial charge in [0, 0.05) is 24.8 Å². The van der Waals surface area contributed by atoms with Crippen molar-refractivity contribution in [1.82, 2.24) is 9.21 Å². The molecule has 0 saturated carbocycles. The molecule has 20 heavy (non-hydrogen) atoms. The molecule has 2 N–H and O–H groups in total. The summed E-state index contributed by atoms with van der Waals surface area (Å²) in [6, 6.07) is 5.20. The van der Waals surface area contributed by atoms with E-state index in [1.54, 1.807) is 22.5 Å². The third-order valence-corrected chi connectivity index (χ3v) is 5.83. The van der Waals surface area contributed by atoms with Crippen molar-refractivity contribution >= 4 is 15.7 Å². The summed E-state index contributed by atoms with van der Waals surface area (Å²) in [7, 11) is 0.572. The lowest BCUT2D eigenvalue weighted by atomic mass is 10.1. The van der Waals surface area contributed by atoms with E-state index in [1.165, 1.54) is 0 Å². The Hall–Kier alpha value is -1.11. The minimum atomic E-state index is -3.42. The summed E-state index contributed by atoms with van der Waals surface area (Å²) in [5, 5.41) is 0. The first kappa shape index (κ1) is 15.3. The van der Waals surface area contributed by atoms with Gasteiger partial charge in [0.25, 0.3) is 0 Å². The number of sulfonamides is 1. The van der Waals surface area contributed by atoms with Crippen LogP contribution in [0.4, 0.5) is 5.69 Å². The standard InChI is InChI=1S/C14H23N3O2S/c1-11-9-13(6-7-14(11)15)20(18,19)17-8-4-5-12(10-17)16(2)3/h6-7,9,12H,4-5,8,10,15H2,1-3H3. The number of hydrogen-bond donors (Lipinski definition) is 1. The Morgan fingerprint density at radius 3 is 2.65 bits per heavy atom. The molecule has 1 aromatic carbocycles. The van der Waals surface area contributed by atoms with Crippen LogP contribution < -0.4 is 5.73 Å². The summed E-state index contributed by atoms with van der Waals surface area (Å²) < 4.78 is 27.0. The molecule has 1 unspecified atom stereocenters. The maximum Gasteiger partial charge on any atom is 0.243 e. The third kappa shape index (κ3) is 2.97. The Morgan fingerprint density at radius 2 is 2.05 bits per heavy atom. The first-order valence-corrected chi connectivity index (χ1v) is 8.29. The molecule has 2 rings (SSSR count). The van der Waals surface area contributed by atoms with E-state index in [4.69, 9.17) is 5.73 Å². The highest BCUT2D eigenvalue weighted by Crippen LogP contribution is 2.24. The fourth-order valence-corrected chi connectivity index (χ4v) is 4.12.